The Balaban J connectivity index is 2.17. The Hall–Kier alpha value is -2.75. The van der Waals surface area contributed by atoms with E-state index in [4.69, 9.17) is 9.47 Å². The molecule has 0 saturated heterocycles. The van der Waals surface area contributed by atoms with Gasteiger partial charge in [-0.1, -0.05) is 23.8 Å². The van der Waals surface area contributed by atoms with Crippen LogP contribution in [-0.4, -0.2) is 18.1 Å². The molecule has 23 heavy (non-hydrogen) atoms. The van der Waals surface area contributed by atoms with Crippen LogP contribution in [-0.2, 0) is 4.74 Å². The summed E-state index contributed by atoms with van der Waals surface area (Å²) in [5, 5.41) is 2.08. The standard InChI is InChI=1S/C19H17NO3/c1-10(2)8-14-16-12(19(21)23-14)9-15(22-3)18-17(16)11-6-4-5-7-13(11)20-18/h4-9,14,20H,1-3H3/t14-/m1/s1. The highest BCUT2D eigenvalue weighted by Gasteiger charge is 2.34. The van der Waals surface area contributed by atoms with Crippen LogP contribution in [0.5, 0.6) is 5.75 Å². The van der Waals surface area contributed by atoms with E-state index in [0.717, 1.165) is 32.9 Å². The lowest BCUT2D eigenvalue weighted by Crippen LogP contribution is -1.96. The lowest BCUT2D eigenvalue weighted by molar-refractivity contribution is 0.0467. The number of ether oxygens (including phenoxy) is 2. The first-order valence-electron chi connectivity index (χ1n) is 7.57. The number of nitrogens with one attached hydrogen (secondary N) is 1. The number of hydrogen-bond acceptors (Lipinski definition) is 3. The zero-order valence-corrected chi connectivity index (χ0v) is 13.3. The van der Waals surface area contributed by atoms with E-state index >= 15 is 0 Å². The lowest BCUT2D eigenvalue weighted by Gasteiger charge is -2.09. The van der Waals surface area contributed by atoms with Gasteiger partial charge in [-0.15, -0.1) is 0 Å². The Kier molecular flexibility index (Phi) is 2.94. The van der Waals surface area contributed by atoms with E-state index in [0.29, 0.717) is 11.3 Å². The smallest absolute Gasteiger partial charge is 0.339 e. The van der Waals surface area contributed by atoms with Gasteiger partial charge in [0.15, 0.2) is 0 Å². The molecule has 1 aliphatic heterocycles. The number of cyclic esters (lactones) is 1. The van der Waals surface area contributed by atoms with Crippen LogP contribution < -0.4 is 4.74 Å². The number of allylic oxidation sites excluding steroid dienone is 1. The highest BCUT2D eigenvalue weighted by Crippen LogP contribution is 2.44. The third-order valence-corrected chi connectivity index (χ3v) is 4.23. The van der Waals surface area contributed by atoms with Crippen LogP contribution >= 0.6 is 0 Å². The first kappa shape index (κ1) is 13.9. The molecule has 1 N–H and O–H groups in total. The molecule has 0 unspecified atom stereocenters. The van der Waals surface area contributed by atoms with Gasteiger partial charge in [-0.3, -0.25) is 0 Å². The number of methoxy groups -OCH3 is 1. The van der Waals surface area contributed by atoms with Crippen LogP contribution in [0.25, 0.3) is 21.8 Å². The summed E-state index contributed by atoms with van der Waals surface area (Å²) in [7, 11) is 1.61. The van der Waals surface area contributed by atoms with Gasteiger partial charge in [0.2, 0.25) is 0 Å². The molecule has 2 heterocycles. The van der Waals surface area contributed by atoms with Crippen molar-refractivity contribution < 1.29 is 14.3 Å². The Morgan fingerprint density at radius 2 is 2.09 bits per heavy atom. The summed E-state index contributed by atoms with van der Waals surface area (Å²) < 4.78 is 11.1. The average Bonchev–Trinajstić information content (AvgIpc) is 3.04. The number of H-pyrrole nitrogens is 1. The largest absolute Gasteiger partial charge is 0.495 e. The Bertz CT molecular complexity index is 977. The summed E-state index contributed by atoms with van der Waals surface area (Å²) >= 11 is 0. The molecule has 4 rings (SSSR count). The number of aromatic nitrogens is 1. The molecule has 0 amide bonds. The van der Waals surface area contributed by atoms with E-state index in [1.807, 2.05) is 38.1 Å². The van der Waals surface area contributed by atoms with E-state index in [-0.39, 0.29) is 12.1 Å². The monoisotopic (exact) mass is 307 g/mol. The van der Waals surface area contributed by atoms with Gasteiger partial charge in [0.25, 0.3) is 0 Å². The minimum Gasteiger partial charge on any atom is -0.495 e. The van der Waals surface area contributed by atoms with Crippen molar-refractivity contribution >= 4 is 27.8 Å². The fourth-order valence-electron chi connectivity index (χ4n) is 3.31. The van der Waals surface area contributed by atoms with E-state index in [1.54, 1.807) is 13.2 Å². The SMILES string of the molecule is COc1cc2c(c3c1[nH]c1ccccc13)[C@@H](C=C(C)C)OC2=O. The summed E-state index contributed by atoms with van der Waals surface area (Å²) in [5.41, 5.74) is 4.54. The summed E-state index contributed by atoms with van der Waals surface area (Å²) in [6.07, 6.45) is 1.63. The van der Waals surface area contributed by atoms with Crippen LogP contribution in [0.15, 0.2) is 42.0 Å². The van der Waals surface area contributed by atoms with Crippen molar-refractivity contribution in [2.75, 3.05) is 7.11 Å². The molecular formula is C19H17NO3. The van der Waals surface area contributed by atoms with Crippen molar-refractivity contribution in [1.29, 1.82) is 0 Å². The van der Waals surface area contributed by atoms with Crippen molar-refractivity contribution in [1.82, 2.24) is 4.98 Å². The maximum Gasteiger partial charge on any atom is 0.339 e. The van der Waals surface area contributed by atoms with Crippen molar-refractivity contribution in [3.63, 3.8) is 0 Å². The number of carbonyl (C=O) groups excluding carboxylic acids is 1. The number of aromatic amines is 1. The highest BCUT2D eigenvalue weighted by atomic mass is 16.5. The normalized spacial score (nSPS) is 16.5. The number of esters is 1. The van der Waals surface area contributed by atoms with Gasteiger partial charge in [0.05, 0.1) is 18.2 Å². The number of benzene rings is 2. The molecule has 0 radical (unpaired) electrons. The molecule has 4 nitrogen and oxygen atoms in total. The summed E-state index contributed by atoms with van der Waals surface area (Å²) in [6.45, 7) is 4.00. The lowest BCUT2D eigenvalue weighted by atomic mass is 9.96. The average molecular weight is 307 g/mol. The zero-order chi connectivity index (χ0) is 16.1. The number of para-hydroxylation sites is 1. The number of rotatable bonds is 2. The molecule has 0 spiro atoms. The summed E-state index contributed by atoms with van der Waals surface area (Å²) in [4.78, 5) is 15.7. The second kappa shape index (κ2) is 4.88. The molecule has 1 aliphatic rings. The number of carbonyl (C=O) groups is 1. The summed E-state index contributed by atoms with van der Waals surface area (Å²) in [6, 6.07) is 9.83. The van der Waals surface area contributed by atoms with E-state index in [1.165, 1.54) is 0 Å². The van der Waals surface area contributed by atoms with Gasteiger partial charge in [-0.2, -0.15) is 0 Å². The maximum absolute atomic E-state index is 12.3. The second-order valence-corrected chi connectivity index (χ2v) is 6.03. The highest BCUT2D eigenvalue weighted by molar-refractivity contribution is 6.15. The van der Waals surface area contributed by atoms with Crippen LogP contribution in [0.1, 0.15) is 35.9 Å². The van der Waals surface area contributed by atoms with Crippen molar-refractivity contribution in [3.8, 4) is 5.75 Å². The molecule has 2 aromatic carbocycles. The molecule has 0 fully saturated rings. The fraction of sp³-hybridized carbons (Fsp3) is 0.211. The van der Waals surface area contributed by atoms with Crippen molar-refractivity contribution in [3.05, 3.63) is 53.1 Å². The van der Waals surface area contributed by atoms with E-state index < -0.39 is 0 Å². The quantitative estimate of drug-likeness (QED) is 0.560. The van der Waals surface area contributed by atoms with Gasteiger partial charge in [0.1, 0.15) is 11.9 Å². The molecule has 0 bridgehead atoms. The number of fused-ring (bicyclic) bond motifs is 5. The van der Waals surface area contributed by atoms with Gasteiger partial charge in [-0.25, -0.2) is 4.79 Å². The van der Waals surface area contributed by atoms with E-state index in [9.17, 15) is 4.79 Å². The van der Waals surface area contributed by atoms with Gasteiger partial charge in [0, 0.05) is 21.9 Å². The fourth-order valence-corrected chi connectivity index (χ4v) is 3.31. The first-order valence-corrected chi connectivity index (χ1v) is 7.57. The Labute approximate surface area is 133 Å². The van der Waals surface area contributed by atoms with Crippen LogP contribution in [0.4, 0.5) is 0 Å². The first-order chi connectivity index (χ1) is 11.1. The zero-order valence-electron chi connectivity index (χ0n) is 13.3. The third-order valence-electron chi connectivity index (χ3n) is 4.23. The van der Waals surface area contributed by atoms with Crippen molar-refractivity contribution in [2.45, 2.75) is 20.0 Å². The Morgan fingerprint density at radius 3 is 2.83 bits per heavy atom. The molecule has 0 saturated carbocycles. The van der Waals surface area contributed by atoms with Gasteiger partial charge >= 0.3 is 5.97 Å². The second-order valence-electron chi connectivity index (χ2n) is 6.03. The van der Waals surface area contributed by atoms with Crippen LogP contribution in [0.3, 0.4) is 0 Å². The molecular weight excluding hydrogens is 290 g/mol. The van der Waals surface area contributed by atoms with Crippen LogP contribution in [0.2, 0.25) is 0 Å². The predicted molar refractivity (Wildman–Crippen MR) is 89.9 cm³/mol. The minimum atomic E-state index is -0.352. The third kappa shape index (κ3) is 1.95. The Morgan fingerprint density at radius 1 is 1.30 bits per heavy atom. The number of hydrogen-bond donors (Lipinski definition) is 1. The molecule has 116 valence electrons. The van der Waals surface area contributed by atoms with Crippen molar-refractivity contribution in [2.24, 2.45) is 0 Å². The molecule has 3 aromatic rings. The van der Waals surface area contributed by atoms with Gasteiger partial charge in [-0.05, 0) is 32.1 Å². The van der Waals surface area contributed by atoms with Crippen LogP contribution in [0, 0.1) is 0 Å². The maximum atomic E-state index is 12.3. The molecule has 1 atom stereocenters. The molecule has 1 aromatic heterocycles. The molecule has 4 heteroatoms. The van der Waals surface area contributed by atoms with E-state index in [2.05, 4.69) is 11.1 Å². The van der Waals surface area contributed by atoms with Gasteiger partial charge < -0.3 is 14.5 Å². The predicted octanol–water partition coefficient (Wildman–Crippen LogP) is 4.51. The summed E-state index contributed by atoms with van der Waals surface area (Å²) in [5.74, 6) is 0.359. The topological polar surface area (TPSA) is 51.3 Å². The minimum absolute atomic E-state index is 0.298. The molecule has 0 aliphatic carbocycles.